The third kappa shape index (κ3) is 3.66. The van der Waals surface area contributed by atoms with Gasteiger partial charge < -0.3 is 9.72 Å². The molecular weight excluding hydrogens is 354 g/mol. The van der Waals surface area contributed by atoms with Gasteiger partial charge in [0.1, 0.15) is 11.5 Å². The van der Waals surface area contributed by atoms with E-state index < -0.39 is 5.97 Å². The quantitative estimate of drug-likeness (QED) is 0.424. The van der Waals surface area contributed by atoms with Crippen LogP contribution in [0.25, 0.3) is 22.4 Å². The van der Waals surface area contributed by atoms with Gasteiger partial charge in [-0.3, -0.25) is 9.78 Å². The van der Waals surface area contributed by atoms with Crippen LogP contribution in [0.5, 0.6) is 0 Å². The molecule has 0 saturated heterocycles. The van der Waals surface area contributed by atoms with Crippen LogP contribution in [0.2, 0.25) is 0 Å². The van der Waals surface area contributed by atoms with Gasteiger partial charge in [-0.2, -0.15) is 0 Å². The van der Waals surface area contributed by atoms with Crippen molar-refractivity contribution in [2.45, 2.75) is 6.92 Å². The number of aromatic amines is 1. The molecule has 0 aliphatic rings. The third-order valence-electron chi connectivity index (χ3n) is 4.33. The van der Waals surface area contributed by atoms with Gasteiger partial charge in [-0.1, -0.05) is 35.9 Å². The lowest BCUT2D eigenvalue weighted by molar-refractivity contribution is 0.0473. The number of ketones is 1. The molecule has 2 aromatic heterocycles. The Morgan fingerprint density at radius 2 is 1.86 bits per heavy atom. The highest BCUT2D eigenvalue weighted by atomic mass is 16.5. The lowest BCUT2D eigenvalue weighted by Crippen LogP contribution is -2.15. The van der Waals surface area contributed by atoms with Crippen LogP contribution in [-0.4, -0.2) is 33.3 Å². The van der Waals surface area contributed by atoms with Gasteiger partial charge in [0.05, 0.1) is 16.6 Å². The van der Waals surface area contributed by atoms with Crippen LogP contribution in [0.4, 0.5) is 0 Å². The normalized spacial score (nSPS) is 10.8. The number of carbonyl (C=O) groups excluding carboxylic acids is 2. The first-order valence-corrected chi connectivity index (χ1v) is 8.78. The molecule has 1 N–H and O–H groups in total. The third-order valence-corrected chi connectivity index (χ3v) is 4.33. The van der Waals surface area contributed by atoms with Crippen molar-refractivity contribution in [3.8, 4) is 11.4 Å². The van der Waals surface area contributed by atoms with Gasteiger partial charge in [-0.05, 0) is 37.3 Å². The molecule has 0 radical (unpaired) electrons. The molecular formula is C22H17N3O3. The topological polar surface area (TPSA) is 84.9 Å². The number of hydrogen-bond donors (Lipinski definition) is 1. The number of pyridine rings is 1. The molecule has 138 valence electrons. The van der Waals surface area contributed by atoms with Crippen molar-refractivity contribution in [2.75, 3.05) is 6.61 Å². The number of nitrogens with zero attached hydrogens (tertiary/aromatic N) is 2. The second-order valence-electron chi connectivity index (χ2n) is 6.40. The average Bonchev–Trinajstić information content (AvgIpc) is 3.16. The van der Waals surface area contributed by atoms with E-state index in [-0.39, 0.29) is 18.1 Å². The van der Waals surface area contributed by atoms with Crippen LogP contribution >= 0.6 is 0 Å². The Morgan fingerprint density at radius 1 is 1.04 bits per heavy atom. The Hall–Kier alpha value is -3.80. The number of imidazole rings is 1. The number of hydrogen-bond acceptors (Lipinski definition) is 5. The Bertz CT molecular complexity index is 1150. The van der Waals surface area contributed by atoms with Crippen LogP contribution in [0.1, 0.15) is 26.4 Å². The Kier molecular flexibility index (Phi) is 4.68. The highest BCUT2D eigenvalue weighted by Gasteiger charge is 2.14. The van der Waals surface area contributed by atoms with Crippen LogP contribution in [-0.2, 0) is 4.74 Å². The summed E-state index contributed by atoms with van der Waals surface area (Å²) in [7, 11) is 0. The van der Waals surface area contributed by atoms with Crippen molar-refractivity contribution in [2.24, 2.45) is 0 Å². The van der Waals surface area contributed by atoms with Crippen LogP contribution < -0.4 is 0 Å². The van der Waals surface area contributed by atoms with E-state index in [1.165, 1.54) is 11.8 Å². The molecule has 0 fully saturated rings. The molecule has 0 amide bonds. The minimum absolute atomic E-state index is 0.266. The van der Waals surface area contributed by atoms with Gasteiger partial charge in [0.15, 0.2) is 6.61 Å². The molecule has 6 heteroatoms. The van der Waals surface area contributed by atoms with Gasteiger partial charge in [-0.15, -0.1) is 0 Å². The van der Waals surface area contributed by atoms with Crippen molar-refractivity contribution in [3.05, 3.63) is 83.7 Å². The molecule has 0 spiro atoms. The maximum Gasteiger partial charge on any atom is 0.338 e. The molecule has 4 aromatic rings. The Morgan fingerprint density at radius 3 is 2.61 bits per heavy atom. The number of aryl methyl sites for hydroxylation is 1. The zero-order chi connectivity index (χ0) is 19.5. The van der Waals surface area contributed by atoms with E-state index in [0.29, 0.717) is 5.56 Å². The number of aromatic nitrogens is 3. The maximum absolute atomic E-state index is 12.3. The van der Waals surface area contributed by atoms with Crippen LogP contribution in [0.15, 0.2) is 66.9 Å². The monoisotopic (exact) mass is 371 g/mol. The first-order valence-electron chi connectivity index (χ1n) is 8.78. The smallest absolute Gasteiger partial charge is 0.338 e. The van der Waals surface area contributed by atoms with Crippen molar-refractivity contribution >= 4 is 22.8 Å². The summed E-state index contributed by atoms with van der Waals surface area (Å²) in [6.45, 7) is 1.67. The summed E-state index contributed by atoms with van der Waals surface area (Å²) in [5.41, 5.74) is 4.22. The van der Waals surface area contributed by atoms with Gasteiger partial charge in [0.25, 0.3) is 0 Å². The van der Waals surface area contributed by atoms with Crippen LogP contribution in [0, 0.1) is 6.92 Å². The second-order valence-corrected chi connectivity index (χ2v) is 6.40. The molecule has 0 aliphatic carbocycles. The van der Waals surface area contributed by atoms with E-state index >= 15 is 0 Å². The van der Waals surface area contributed by atoms with Crippen molar-refractivity contribution in [1.82, 2.24) is 15.0 Å². The summed E-state index contributed by atoms with van der Waals surface area (Å²) in [5.74, 6) is -0.193. The van der Waals surface area contributed by atoms with Gasteiger partial charge >= 0.3 is 5.97 Å². The standard InChI is InChI=1S/C22H17N3O3/c1-14-5-7-15(8-6-14)21-24-17-10-9-16(12-19(17)25-21)22(27)28-13-20(26)18-4-2-3-11-23-18/h2-12H,13H2,1H3,(H,24,25). The average molecular weight is 371 g/mol. The number of benzene rings is 2. The predicted octanol–water partition coefficient (Wildman–Crippen LogP) is 3.97. The SMILES string of the molecule is Cc1ccc(-c2nc3ccc(C(=O)OCC(=O)c4ccccn4)cc3[nH]2)cc1. The molecule has 6 nitrogen and oxygen atoms in total. The van der Waals surface area contributed by atoms with E-state index in [1.807, 2.05) is 31.2 Å². The largest absolute Gasteiger partial charge is 0.454 e. The van der Waals surface area contributed by atoms with Gasteiger partial charge in [0, 0.05) is 11.8 Å². The molecule has 2 aromatic carbocycles. The highest BCUT2D eigenvalue weighted by Crippen LogP contribution is 2.22. The van der Waals surface area contributed by atoms with Gasteiger partial charge in [-0.25, -0.2) is 9.78 Å². The predicted molar refractivity (Wildman–Crippen MR) is 105 cm³/mol. The zero-order valence-corrected chi connectivity index (χ0v) is 15.2. The minimum atomic E-state index is -0.572. The van der Waals surface area contributed by atoms with Crippen LogP contribution in [0.3, 0.4) is 0 Å². The second kappa shape index (κ2) is 7.44. The number of rotatable bonds is 5. The molecule has 4 rings (SSSR count). The molecule has 0 saturated carbocycles. The summed E-state index contributed by atoms with van der Waals surface area (Å²) in [4.78, 5) is 36.1. The Balaban J connectivity index is 1.50. The van der Waals surface area contributed by atoms with E-state index in [9.17, 15) is 9.59 Å². The maximum atomic E-state index is 12.3. The van der Waals surface area contributed by atoms with E-state index in [0.717, 1.165) is 22.4 Å². The summed E-state index contributed by atoms with van der Waals surface area (Å²) < 4.78 is 5.14. The fourth-order valence-corrected chi connectivity index (χ4v) is 2.80. The minimum Gasteiger partial charge on any atom is -0.454 e. The molecule has 0 bridgehead atoms. The highest BCUT2D eigenvalue weighted by molar-refractivity contribution is 5.99. The van der Waals surface area contributed by atoms with E-state index in [4.69, 9.17) is 4.74 Å². The van der Waals surface area contributed by atoms with E-state index in [2.05, 4.69) is 15.0 Å². The number of nitrogens with one attached hydrogen (secondary N) is 1. The summed E-state index contributed by atoms with van der Waals surface area (Å²) in [6, 6.07) is 18.1. The number of H-pyrrole nitrogens is 1. The number of ether oxygens (including phenoxy) is 1. The van der Waals surface area contributed by atoms with E-state index in [1.54, 1.807) is 36.4 Å². The summed E-state index contributed by atoms with van der Waals surface area (Å²) >= 11 is 0. The fraction of sp³-hybridized carbons (Fsp3) is 0.0909. The molecule has 0 aliphatic heterocycles. The Labute approximate surface area is 161 Å². The number of esters is 1. The summed E-state index contributed by atoms with van der Waals surface area (Å²) in [6.07, 6.45) is 1.52. The number of Topliss-reactive ketones (excluding diaryl/α,β-unsaturated/α-hetero) is 1. The zero-order valence-electron chi connectivity index (χ0n) is 15.2. The van der Waals surface area contributed by atoms with Gasteiger partial charge in [0.2, 0.25) is 5.78 Å². The molecule has 0 atom stereocenters. The first kappa shape index (κ1) is 17.6. The molecule has 0 unspecified atom stereocenters. The first-order chi connectivity index (χ1) is 13.6. The number of fused-ring (bicyclic) bond motifs is 1. The fourth-order valence-electron chi connectivity index (χ4n) is 2.80. The van der Waals surface area contributed by atoms with Crippen molar-refractivity contribution in [1.29, 1.82) is 0 Å². The lowest BCUT2D eigenvalue weighted by Gasteiger charge is -2.04. The number of carbonyl (C=O) groups is 2. The molecule has 28 heavy (non-hydrogen) atoms. The molecule has 2 heterocycles. The summed E-state index contributed by atoms with van der Waals surface area (Å²) in [5, 5.41) is 0. The lowest BCUT2D eigenvalue weighted by atomic mass is 10.1. The van der Waals surface area contributed by atoms with Crippen molar-refractivity contribution in [3.63, 3.8) is 0 Å². The van der Waals surface area contributed by atoms with Crippen molar-refractivity contribution < 1.29 is 14.3 Å².